The third kappa shape index (κ3) is 4.19. The molecular formula is C14H20N2O5S. The summed E-state index contributed by atoms with van der Waals surface area (Å²) in [5, 5.41) is 12.6. The van der Waals surface area contributed by atoms with Crippen molar-refractivity contribution in [2.45, 2.75) is 30.3 Å². The van der Waals surface area contributed by atoms with E-state index in [0.717, 1.165) is 12.8 Å². The maximum atomic E-state index is 12.2. The van der Waals surface area contributed by atoms with Gasteiger partial charge in [0.25, 0.3) is 0 Å². The number of aliphatic hydroxyl groups is 1. The van der Waals surface area contributed by atoms with Crippen LogP contribution in [0.5, 0.6) is 0 Å². The Labute approximate surface area is 129 Å². The molecule has 1 aliphatic rings. The predicted octanol–water partition coefficient (Wildman–Crippen LogP) is 1.30. The van der Waals surface area contributed by atoms with E-state index in [-0.39, 0.29) is 17.4 Å². The minimum Gasteiger partial charge on any atom is -0.453 e. The first-order valence-corrected chi connectivity index (χ1v) is 8.40. The third-order valence-corrected chi connectivity index (χ3v) is 5.09. The van der Waals surface area contributed by atoms with E-state index in [4.69, 9.17) is 0 Å². The summed E-state index contributed by atoms with van der Waals surface area (Å²) >= 11 is 0. The molecule has 8 heteroatoms. The van der Waals surface area contributed by atoms with Gasteiger partial charge in [0.15, 0.2) is 0 Å². The maximum Gasteiger partial charge on any atom is 0.411 e. The lowest BCUT2D eigenvalue weighted by atomic mass is 10.0. The number of amides is 1. The molecule has 2 rings (SSSR count). The van der Waals surface area contributed by atoms with E-state index in [0.29, 0.717) is 5.69 Å². The molecule has 1 atom stereocenters. The first kappa shape index (κ1) is 16.7. The Balaban J connectivity index is 2.01. The first-order chi connectivity index (χ1) is 10.2. The Morgan fingerprint density at radius 1 is 1.36 bits per heavy atom. The van der Waals surface area contributed by atoms with Gasteiger partial charge in [0.1, 0.15) is 0 Å². The molecule has 0 aliphatic heterocycles. The van der Waals surface area contributed by atoms with E-state index in [1.54, 1.807) is 6.92 Å². The number of carbonyl (C=O) groups is 1. The summed E-state index contributed by atoms with van der Waals surface area (Å²) in [6, 6.07) is 5.67. The molecule has 0 heterocycles. The fraction of sp³-hybridized carbons (Fsp3) is 0.500. The quantitative estimate of drug-likeness (QED) is 0.730. The molecular weight excluding hydrogens is 308 g/mol. The van der Waals surface area contributed by atoms with E-state index >= 15 is 0 Å². The Morgan fingerprint density at radius 2 is 1.95 bits per heavy atom. The number of benzene rings is 1. The molecule has 3 N–H and O–H groups in total. The van der Waals surface area contributed by atoms with Crippen LogP contribution >= 0.6 is 0 Å². The van der Waals surface area contributed by atoms with Crippen LogP contribution in [0.4, 0.5) is 10.5 Å². The van der Waals surface area contributed by atoms with Gasteiger partial charge in [-0.3, -0.25) is 5.32 Å². The maximum absolute atomic E-state index is 12.2. The number of methoxy groups -OCH3 is 1. The van der Waals surface area contributed by atoms with Crippen LogP contribution in [0.3, 0.4) is 0 Å². The zero-order chi connectivity index (χ0) is 16.4. The van der Waals surface area contributed by atoms with Crippen LogP contribution in [0.2, 0.25) is 0 Å². The SMILES string of the molecule is COC(=O)Nc1ccc(S(=O)(=O)NCC(C)(O)C2CC2)cc1. The van der Waals surface area contributed by atoms with Crippen LogP contribution in [-0.2, 0) is 14.8 Å². The Morgan fingerprint density at radius 3 is 2.45 bits per heavy atom. The van der Waals surface area contributed by atoms with E-state index in [1.165, 1.54) is 31.4 Å². The second kappa shape index (κ2) is 6.23. The first-order valence-electron chi connectivity index (χ1n) is 6.92. The summed E-state index contributed by atoms with van der Waals surface area (Å²) in [5.74, 6) is 0.154. The molecule has 0 radical (unpaired) electrons. The summed E-state index contributed by atoms with van der Waals surface area (Å²) in [5.41, 5.74) is -0.602. The molecule has 22 heavy (non-hydrogen) atoms. The van der Waals surface area contributed by atoms with E-state index in [1.807, 2.05) is 0 Å². The van der Waals surface area contributed by atoms with Gasteiger partial charge in [-0.25, -0.2) is 17.9 Å². The molecule has 7 nitrogen and oxygen atoms in total. The van der Waals surface area contributed by atoms with Crippen molar-refractivity contribution < 1.29 is 23.1 Å². The zero-order valence-corrected chi connectivity index (χ0v) is 13.3. The van der Waals surface area contributed by atoms with Gasteiger partial charge in [0.05, 0.1) is 17.6 Å². The van der Waals surface area contributed by atoms with Crippen LogP contribution in [0, 0.1) is 5.92 Å². The summed E-state index contributed by atoms with van der Waals surface area (Å²) in [6.45, 7) is 1.61. The number of anilines is 1. The van der Waals surface area contributed by atoms with E-state index in [2.05, 4.69) is 14.8 Å². The van der Waals surface area contributed by atoms with Crippen LogP contribution in [-0.4, -0.2) is 38.9 Å². The fourth-order valence-corrected chi connectivity index (χ4v) is 3.20. The van der Waals surface area contributed by atoms with Crippen molar-refractivity contribution in [3.05, 3.63) is 24.3 Å². The van der Waals surface area contributed by atoms with Gasteiger partial charge < -0.3 is 9.84 Å². The summed E-state index contributed by atoms with van der Waals surface area (Å²) in [6.07, 6.45) is 1.21. The second-order valence-corrected chi connectivity index (χ2v) is 7.36. The van der Waals surface area contributed by atoms with Gasteiger partial charge in [-0.15, -0.1) is 0 Å². The highest BCUT2D eigenvalue weighted by atomic mass is 32.2. The van der Waals surface area contributed by atoms with Crippen LogP contribution in [0.25, 0.3) is 0 Å². The van der Waals surface area contributed by atoms with E-state index < -0.39 is 21.7 Å². The largest absolute Gasteiger partial charge is 0.453 e. The minimum atomic E-state index is -3.70. The predicted molar refractivity (Wildman–Crippen MR) is 81.0 cm³/mol. The molecule has 1 aliphatic carbocycles. The molecule has 1 aromatic rings. The second-order valence-electron chi connectivity index (χ2n) is 5.60. The lowest BCUT2D eigenvalue weighted by molar-refractivity contribution is 0.0422. The van der Waals surface area contributed by atoms with Crippen LogP contribution in [0.1, 0.15) is 19.8 Å². The molecule has 0 saturated heterocycles. The number of hydrogen-bond acceptors (Lipinski definition) is 5. The molecule has 0 aromatic heterocycles. The Hall–Kier alpha value is -1.64. The molecule has 1 saturated carbocycles. The van der Waals surface area contributed by atoms with Crippen LogP contribution < -0.4 is 10.0 Å². The normalized spacial score (nSPS) is 17.6. The smallest absolute Gasteiger partial charge is 0.411 e. The fourth-order valence-electron chi connectivity index (χ4n) is 2.06. The molecule has 122 valence electrons. The molecule has 1 amide bonds. The number of hydrogen-bond donors (Lipinski definition) is 3. The number of carbonyl (C=O) groups excluding carboxylic acids is 1. The summed E-state index contributed by atoms with van der Waals surface area (Å²) in [4.78, 5) is 11.1. The highest BCUT2D eigenvalue weighted by Gasteiger charge is 2.40. The van der Waals surface area contributed by atoms with Crippen molar-refractivity contribution in [1.82, 2.24) is 4.72 Å². The van der Waals surface area contributed by atoms with Crippen molar-refractivity contribution in [3.63, 3.8) is 0 Å². The van der Waals surface area contributed by atoms with Crippen molar-refractivity contribution in [1.29, 1.82) is 0 Å². The number of sulfonamides is 1. The van der Waals surface area contributed by atoms with Gasteiger partial charge in [-0.2, -0.15) is 0 Å². The average molecular weight is 328 g/mol. The topological polar surface area (TPSA) is 105 Å². The minimum absolute atomic E-state index is 0.0256. The number of rotatable bonds is 6. The lowest BCUT2D eigenvalue weighted by Crippen LogP contribution is -2.42. The average Bonchev–Trinajstić information content (AvgIpc) is 3.31. The van der Waals surface area contributed by atoms with Crippen molar-refractivity contribution in [3.8, 4) is 0 Å². The molecule has 0 spiro atoms. The van der Waals surface area contributed by atoms with Gasteiger partial charge in [-0.1, -0.05) is 0 Å². The summed E-state index contributed by atoms with van der Waals surface area (Å²) < 4.78 is 31.2. The number of nitrogens with one attached hydrogen (secondary N) is 2. The molecule has 1 unspecified atom stereocenters. The summed E-state index contributed by atoms with van der Waals surface area (Å²) in [7, 11) is -2.46. The van der Waals surface area contributed by atoms with E-state index in [9.17, 15) is 18.3 Å². The Kier molecular flexibility index (Phi) is 4.74. The molecule has 1 aromatic carbocycles. The molecule has 0 bridgehead atoms. The number of ether oxygens (including phenoxy) is 1. The van der Waals surface area contributed by atoms with Gasteiger partial charge in [0, 0.05) is 12.2 Å². The monoisotopic (exact) mass is 328 g/mol. The van der Waals surface area contributed by atoms with Crippen molar-refractivity contribution >= 4 is 21.8 Å². The van der Waals surface area contributed by atoms with Crippen molar-refractivity contribution in [2.24, 2.45) is 5.92 Å². The van der Waals surface area contributed by atoms with Crippen molar-refractivity contribution in [2.75, 3.05) is 19.0 Å². The van der Waals surface area contributed by atoms with Crippen LogP contribution in [0.15, 0.2) is 29.2 Å². The van der Waals surface area contributed by atoms with Gasteiger partial charge in [0.2, 0.25) is 10.0 Å². The van der Waals surface area contributed by atoms with Gasteiger partial charge >= 0.3 is 6.09 Å². The lowest BCUT2D eigenvalue weighted by Gasteiger charge is -2.23. The zero-order valence-electron chi connectivity index (χ0n) is 12.5. The third-order valence-electron chi connectivity index (χ3n) is 3.67. The Bertz CT molecular complexity index is 636. The van der Waals surface area contributed by atoms with Gasteiger partial charge in [-0.05, 0) is 49.9 Å². The highest BCUT2D eigenvalue weighted by Crippen LogP contribution is 2.39. The standard InChI is InChI=1S/C14H20N2O5S/c1-14(18,10-3-4-10)9-15-22(19,20)12-7-5-11(6-8-12)16-13(17)21-2/h5-8,10,15,18H,3-4,9H2,1-2H3,(H,16,17). The highest BCUT2D eigenvalue weighted by molar-refractivity contribution is 7.89. The molecule has 1 fully saturated rings.